The van der Waals surface area contributed by atoms with Crippen LogP contribution in [-0.2, 0) is 11.8 Å². The van der Waals surface area contributed by atoms with Crippen LogP contribution in [0, 0.1) is 5.92 Å². The lowest BCUT2D eigenvalue weighted by atomic mass is 9.48. The SMILES string of the molecule is Cl.O=C(N[C@@H]1CC[C@@]2(O)[C@H]3Cc4ccc(O)c5c4[C@@]2(CCN3CC2CC2)[C@H]1O5)c1cccc2cc(-c3ccccc3)[nH]c12. The number of rotatable bonds is 5. The highest BCUT2D eigenvalue weighted by Gasteiger charge is 2.73. The third-order valence-corrected chi connectivity index (χ3v) is 11.1. The van der Waals surface area contributed by atoms with Gasteiger partial charge < -0.3 is 25.3 Å². The number of hydrogen-bond donors (Lipinski definition) is 4. The predicted molar refractivity (Wildman–Crippen MR) is 167 cm³/mol. The Balaban J connectivity index is 0.00000278. The molecular weight excluding hydrogens is 562 g/mol. The zero-order valence-electron chi connectivity index (χ0n) is 23.9. The van der Waals surface area contributed by atoms with Gasteiger partial charge in [0.15, 0.2) is 11.5 Å². The average molecular weight is 598 g/mol. The molecule has 8 heteroatoms. The number of aliphatic hydroxyl groups is 1. The smallest absolute Gasteiger partial charge is 0.253 e. The first-order valence-electron chi connectivity index (χ1n) is 15.4. The van der Waals surface area contributed by atoms with E-state index >= 15 is 0 Å². The molecule has 2 saturated carbocycles. The van der Waals surface area contributed by atoms with Crippen LogP contribution in [0.3, 0.4) is 0 Å². The number of aromatic nitrogens is 1. The standard InChI is InChI=1S/C35H35N3O4.ClH/c39-27-12-11-22-18-28-35(41)14-13-25(32-34(35,29(22)31(27)42-32)15-16-38(28)19-20-9-10-20)37-33(40)24-8-4-7-23-17-26(36-30(23)24)21-5-2-1-3-6-21;/h1-8,11-12,17,20,25,28,32,36,39,41H,9-10,13-16,18-19H2,(H,37,40);1H/t25-,28-,32+,34+,35-;/m1./s1. The van der Waals surface area contributed by atoms with Gasteiger partial charge in [-0.05, 0) is 80.3 Å². The summed E-state index contributed by atoms with van der Waals surface area (Å²) in [4.78, 5) is 20.0. The number of aromatic hydroxyl groups is 1. The van der Waals surface area contributed by atoms with Gasteiger partial charge in [-0.25, -0.2) is 0 Å². The van der Waals surface area contributed by atoms with Crippen molar-refractivity contribution in [2.24, 2.45) is 5.92 Å². The molecule has 3 heterocycles. The lowest BCUT2D eigenvalue weighted by Crippen LogP contribution is -2.78. The Morgan fingerprint density at radius 2 is 1.88 bits per heavy atom. The van der Waals surface area contributed by atoms with Crippen LogP contribution in [0.25, 0.3) is 22.2 Å². The van der Waals surface area contributed by atoms with Crippen LogP contribution in [0.15, 0.2) is 66.7 Å². The van der Waals surface area contributed by atoms with Gasteiger partial charge in [0.25, 0.3) is 5.91 Å². The minimum absolute atomic E-state index is 0. The van der Waals surface area contributed by atoms with E-state index in [-0.39, 0.29) is 36.1 Å². The summed E-state index contributed by atoms with van der Waals surface area (Å²) in [7, 11) is 0. The summed E-state index contributed by atoms with van der Waals surface area (Å²) in [6.45, 7) is 1.93. The molecule has 1 spiro atoms. The fourth-order valence-electron chi connectivity index (χ4n) is 8.99. The Morgan fingerprint density at radius 1 is 1.05 bits per heavy atom. The van der Waals surface area contributed by atoms with Gasteiger partial charge in [0.05, 0.1) is 28.1 Å². The molecular formula is C35H36ClN3O4. The summed E-state index contributed by atoms with van der Waals surface area (Å²) in [5.41, 5.74) is 3.95. The third-order valence-electron chi connectivity index (χ3n) is 11.1. The first-order chi connectivity index (χ1) is 20.5. The van der Waals surface area contributed by atoms with Crippen LogP contribution in [0.1, 0.15) is 53.6 Å². The number of amides is 1. The summed E-state index contributed by atoms with van der Waals surface area (Å²) in [5, 5.41) is 28.0. The topological polar surface area (TPSA) is 97.8 Å². The summed E-state index contributed by atoms with van der Waals surface area (Å²) in [5.74, 6) is 1.21. The molecule has 1 aromatic heterocycles. The predicted octanol–water partition coefficient (Wildman–Crippen LogP) is 5.33. The van der Waals surface area contributed by atoms with E-state index in [1.807, 2.05) is 42.5 Å². The number of carbonyl (C=O) groups is 1. The Kier molecular flexibility index (Phi) is 5.97. The molecule has 3 fully saturated rings. The van der Waals surface area contributed by atoms with Gasteiger partial charge in [-0.3, -0.25) is 9.69 Å². The minimum Gasteiger partial charge on any atom is -0.504 e. The van der Waals surface area contributed by atoms with E-state index in [2.05, 4.69) is 33.4 Å². The van der Waals surface area contributed by atoms with E-state index in [4.69, 9.17) is 4.74 Å². The van der Waals surface area contributed by atoms with E-state index < -0.39 is 17.1 Å². The van der Waals surface area contributed by atoms with Crippen LogP contribution in [-0.4, -0.2) is 62.9 Å². The number of halogens is 1. The second kappa shape index (κ2) is 9.49. The monoisotopic (exact) mass is 597 g/mol. The van der Waals surface area contributed by atoms with Crippen LogP contribution >= 0.6 is 12.4 Å². The summed E-state index contributed by atoms with van der Waals surface area (Å²) in [6, 6.07) is 21.5. The summed E-state index contributed by atoms with van der Waals surface area (Å²) >= 11 is 0. The zero-order valence-corrected chi connectivity index (χ0v) is 24.7. The maximum absolute atomic E-state index is 14.0. The molecule has 5 aliphatic rings. The average Bonchev–Trinajstić information content (AvgIpc) is 3.58. The van der Waals surface area contributed by atoms with Crippen molar-refractivity contribution >= 4 is 29.2 Å². The number of nitrogens with zero attached hydrogens (tertiary/aromatic N) is 1. The number of carbonyl (C=O) groups excluding carboxylic acids is 1. The Bertz CT molecular complexity index is 1750. The number of para-hydroxylation sites is 1. The molecule has 222 valence electrons. The number of ether oxygens (including phenoxy) is 1. The molecule has 43 heavy (non-hydrogen) atoms. The van der Waals surface area contributed by atoms with Gasteiger partial charge in [-0.15, -0.1) is 12.4 Å². The van der Waals surface area contributed by atoms with Gasteiger partial charge >= 0.3 is 0 Å². The van der Waals surface area contributed by atoms with Gasteiger partial charge in [0.1, 0.15) is 6.10 Å². The molecule has 4 N–H and O–H groups in total. The van der Waals surface area contributed by atoms with E-state index in [1.165, 1.54) is 12.8 Å². The van der Waals surface area contributed by atoms with Crippen molar-refractivity contribution in [2.75, 3.05) is 13.1 Å². The van der Waals surface area contributed by atoms with E-state index in [0.717, 1.165) is 65.1 Å². The Hall–Kier alpha value is -3.52. The molecule has 7 nitrogen and oxygen atoms in total. The number of phenols is 1. The van der Waals surface area contributed by atoms with Crippen molar-refractivity contribution in [3.05, 3.63) is 83.4 Å². The summed E-state index contributed by atoms with van der Waals surface area (Å²) < 4.78 is 6.65. The third kappa shape index (κ3) is 3.71. The molecule has 2 bridgehead atoms. The molecule has 4 aromatic rings. The van der Waals surface area contributed by atoms with E-state index in [9.17, 15) is 15.0 Å². The molecule has 5 atom stereocenters. The van der Waals surface area contributed by atoms with Crippen LogP contribution in [0.4, 0.5) is 0 Å². The highest BCUT2D eigenvalue weighted by Crippen LogP contribution is 2.65. The zero-order chi connectivity index (χ0) is 28.2. The van der Waals surface area contributed by atoms with Gasteiger partial charge in [0, 0.05) is 29.2 Å². The lowest BCUT2D eigenvalue weighted by molar-refractivity contribution is -0.191. The van der Waals surface area contributed by atoms with Crippen molar-refractivity contribution < 1.29 is 19.7 Å². The minimum atomic E-state index is -0.970. The maximum Gasteiger partial charge on any atom is 0.253 e. The van der Waals surface area contributed by atoms with Crippen LogP contribution in [0.5, 0.6) is 11.5 Å². The van der Waals surface area contributed by atoms with Crippen molar-refractivity contribution in [3.8, 4) is 22.8 Å². The second-order valence-electron chi connectivity index (χ2n) is 13.2. The first kappa shape index (κ1) is 27.1. The number of phenolic OH excluding ortho intramolecular Hbond substituents is 1. The highest BCUT2D eigenvalue weighted by molar-refractivity contribution is 6.07. The molecule has 0 unspecified atom stereocenters. The van der Waals surface area contributed by atoms with Crippen molar-refractivity contribution in [2.45, 2.75) is 67.7 Å². The van der Waals surface area contributed by atoms with E-state index in [0.29, 0.717) is 24.2 Å². The number of aromatic amines is 1. The quantitative estimate of drug-likeness (QED) is 0.249. The van der Waals surface area contributed by atoms with Crippen LogP contribution < -0.4 is 10.1 Å². The van der Waals surface area contributed by atoms with Crippen molar-refractivity contribution in [3.63, 3.8) is 0 Å². The lowest BCUT2D eigenvalue weighted by Gasteiger charge is -2.64. The van der Waals surface area contributed by atoms with Gasteiger partial charge in [0.2, 0.25) is 0 Å². The molecule has 3 aromatic carbocycles. The normalized spacial score (nSPS) is 30.3. The molecule has 9 rings (SSSR count). The molecule has 1 saturated heterocycles. The number of nitrogens with one attached hydrogen (secondary N) is 2. The number of likely N-dealkylation sites (tertiary alicyclic amines) is 1. The fourth-order valence-corrected chi connectivity index (χ4v) is 8.99. The Labute approximate surface area is 256 Å². The number of H-pyrrole nitrogens is 1. The van der Waals surface area contributed by atoms with Crippen molar-refractivity contribution in [1.29, 1.82) is 0 Å². The van der Waals surface area contributed by atoms with Crippen LogP contribution in [0.2, 0.25) is 0 Å². The van der Waals surface area contributed by atoms with Gasteiger partial charge in [-0.1, -0.05) is 48.5 Å². The van der Waals surface area contributed by atoms with Gasteiger partial charge in [-0.2, -0.15) is 0 Å². The second-order valence-corrected chi connectivity index (χ2v) is 13.2. The fraction of sp³-hybridized carbons (Fsp3) is 0.400. The highest BCUT2D eigenvalue weighted by atomic mass is 35.5. The Morgan fingerprint density at radius 3 is 2.70 bits per heavy atom. The molecule has 2 aliphatic heterocycles. The summed E-state index contributed by atoms with van der Waals surface area (Å²) in [6.07, 6.45) is 4.82. The van der Waals surface area contributed by atoms with E-state index in [1.54, 1.807) is 6.07 Å². The largest absolute Gasteiger partial charge is 0.504 e. The maximum atomic E-state index is 14.0. The molecule has 1 amide bonds. The number of benzene rings is 3. The number of fused-ring (bicyclic) bond motifs is 1. The molecule has 3 aliphatic carbocycles. The molecule has 0 radical (unpaired) electrons. The first-order valence-corrected chi connectivity index (χ1v) is 15.4. The number of piperidine rings is 1. The van der Waals surface area contributed by atoms with Crippen molar-refractivity contribution in [1.82, 2.24) is 15.2 Å². The number of hydrogen-bond acceptors (Lipinski definition) is 5.